The van der Waals surface area contributed by atoms with Crippen LogP contribution in [-0.4, -0.2) is 10.7 Å². The Labute approximate surface area is 89.0 Å². The van der Waals surface area contributed by atoms with Crippen LogP contribution in [0.25, 0.3) is 0 Å². The zero-order valence-electron chi connectivity index (χ0n) is 7.70. The van der Waals surface area contributed by atoms with Crippen molar-refractivity contribution < 1.29 is 0 Å². The van der Waals surface area contributed by atoms with E-state index in [9.17, 15) is 0 Å². The highest BCUT2D eigenvalue weighted by molar-refractivity contribution is 7.80. The second-order valence-corrected chi connectivity index (χ2v) is 5.01. The largest absolute Gasteiger partial charge is 0.246 e. The normalized spacial score (nSPS) is 18.2. The van der Waals surface area contributed by atoms with Crippen LogP contribution in [0.2, 0.25) is 0 Å². The molecule has 0 spiro atoms. The fraction of sp³-hybridized carbons (Fsp3) is 0.700. The molecule has 0 aliphatic heterocycles. The predicted molar refractivity (Wildman–Crippen MR) is 60.9 cm³/mol. The number of rotatable bonds is 3. The SMILES string of the molecule is SCCc1nc(C2CCCC2)cs1. The van der Waals surface area contributed by atoms with Crippen molar-refractivity contribution >= 4 is 24.0 Å². The number of thiol groups is 1. The Bertz CT molecular complexity index is 264. The molecule has 0 unspecified atom stereocenters. The van der Waals surface area contributed by atoms with Gasteiger partial charge in [-0.2, -0.15) is 12.6 Å². The Hall–Kier alpha value is -0.0200. The second kappa shape index (κ2) is 4.47. The molecule has 1 aliphatic rings. The zero-order valence-corrected chi connectivity index (χ0v) is 9.41. The van der Waals surface area contributed by atoms with Crippen molar-refractivity contribution in [3.63, 3.8) is 0 Å². The van der Waals surface area contributed by atoms with Gasteiger partial charge in [0.05, 0.1) is 10.7 Å². The summed E-state index contributed by atoms with van der Waals surface area (Å²) in [6, 6.07) is 0. The number of hydrogen-bond acceptors (Lipinski definition) is 3. The second-order valence-electron chi connectivity index (χ2n) is 3.62. The summed E-state index contributed by atoms with van der Waals surface area (Å²) in [6.45, 7) is 0. The fourth-order valence-electron chi connectivity index (χ4n) is 1.94. The van der Waals surface area contributed by atoms with Crippen LogP contribution < -0.4 is 0 Å². The summed E-state index contributed by atoms with van der Waals surface area (Å²) in [5.74, 6) is 1.68. The van der Waals surface area contributed by atoms with E-state index in [1.807, 2.05) is 0 Å². The van der Waals surface area contributed by atoms with Crippen molar-refractivity contribution in [2.24, 2.45) is 0 Å². The first kappa shape index (κ1) is 9.53. The molecule has 1 fully saturated rings. The van der Waals surface area contributed by atoms with Crippen molar-refractivity contribution in [2.45, 2.75) is 38.0 Å². The molecule has 1 aliphatic carbocycles. The Morgan fingerprint density at radius 2 is 2.23 bits per heavy atom. The number of aryl methyl sites for hydroxylation is 1. The Kier molecular flexibility index (Phi) is 3.28. The van der Waals surface area contributed by atoms with E-state index in [2.05, 4.69) is 23.0 Å². The minimum atomic E-state index is 0.768. The Morgan fingerprint density at radius 1 is 1.46 bits per heavy atom. The molecule has 1 saturated carbocycles. The number of hydrogen-bond donors (Lipinski definition) is 1. The third kappa shape index (κ3) is 2.26. The number of aromatic nitrogens is 1. The van der Waals surface area contributed by atoms with E-state index in [1.54, 1.807) is 11.3 Å². The molecule has 1 nitrogen and oxygen atoms in total. The highest BCUT2D eigenvalue weighted by atomic mass is 32.1. The Balaban J connectivity index is 2.03. The van der Waals surface area contributed by atoms with E-state index in [0.717, 1.165) is 18.1 Å². The van der Waals surface area contributed by atoms with Crippen molar-refractivity contribution in [3.8, 4) is 0 Å². The van der Waals surface area contributed by atoms with Crippen molar-refractivity contribution in [2.75, 3.05) is 5.75 Å². The van der Waals surface area contributed by atoms with E-state index < -0.39 is 0 Å². The van der Waals surface area contributed by atoms with Gasteiger partial charge in [-0.05, 0) is 18.6 Å². The summed E-state index contributed by atoms with van der Waals surface area (Å²) in [5, 5.41) is 3.51. The van der Waals surface area contributed by atoms with Crippen LogP contribution in [0.3, 0.4) is 0 Å². The summed E-state index contributed by atoms with van der Waals surface area (Å²) in [7, 11) is 0. The maximum Gasteiger partial charge on any atom is 0.0936 e. The maximum atomic E-state index is 4.65. The van der Waals surface area contributed by atoms with Gasteiger partial charge in [0.1, 0.15) is 0 Å². The molecule has 0 N–H and O–H groups in total. The van der Waals surface area contributed by atoms with Gasteiger partial charge >= 0.3 is 0 Å². The topological polar surface area (TPSA) is 12.9 Å². The van der Waals surface area contributed by atoms with Gasteiger partial charge in [0.2, 0.25) is 0 Å². The van der Waals surface area contributed by atoms with E-state index in [4.69, 9.17) is 0 Å². The molecule has 3 heteroatoms. The van der Waals surface area contributed by atoms with Crippen LogP contribution >= 0.6 is 24.0 Å². The molecular formula is C10H15NS2. The molecule has 1 heterocycles. The maximum absolute atomic E-state index is 4.65. The summed E-state index contributed by atoms with van der Waals surface area (Å²) in [5.41, 5.74) is 1.35. The molecule has 0 aromatic carbocycles. The smallest absolute Gasteiger partial charge is 0.0936 e. The first-order chi connectivity index (χ1) is 6.40. The van der Waals surface area contributed by atoms with E-state index in [0.29, 0.717) is 0 Å². The van der Waals surface area contributed by atoms with Crippen LogP contribution in [0, 0.1) is 0 Å². The van der Waals surface area contributed by atoms with Gasteiger partial charge in [-0.15, -0.1) is 11.3 Å². The summed E-state index contributed by atoms with van der Waals surface area (Å²) in [6.07, 6.45) is 6.52. The van der Waals surface area contributed by atoms with Gasteiger partial charge in [0.25, 0.3) is 0 Å². The van der Waals surface area contributed by atoms with Crippen molar-refractivity contribution in [1.82, 2.24) is 4.98 Å². The van der Waals surface area contributed by atoms with Gasteiger partial charge in [0, 0.05) is 17.7 Å². The van der Waals surface area contributed by atoms with Gasteiger partial charge in [-0.25, -0.2) is 4.98 Å². The predicted octanol–water partition coefficient (Wildman–Crippen LogP) is 3.27. The third-order valence-corrected chi connectivity index (χ3v) is 3.82. The van der Waals surface area contributed by atoms with Gasteiger partial charge in [0.15, 0.2) is 0 Å². The average Bonchev–Trinajstić information content (AvgIpc) is 2.70. The molecular weight excluding hydrogens is 198 g/mol. The molecule has 0 saturated heterocycles. The molecule has 0 radical (unpaired) electrons. The molecule has 2 rings (SSSR count). The lowest BCUT2D eigenvalue weighted by atomic mass is 10.1. The minimum Gasteiger partial charge on any atom is -0.246 e. The Morgan fingerprint density at radius 3 is 2.92 bits per heavy atom. The molecule has 0 bridgehead atoms. The highest BCUT2D eigenvalue weighted by Crippen LogP contribution is 2.34. The summed E-state index contributed by atoms with van der Waals surface area (Å²) >= 11 is 6.02. The van der Waals surface area contributed by atoms with Gasteiger partial charge in [-0.3, -0.25) is 0 Å². The van der Waals surface area contributed by atoms with E-state index in [-0.39, 0.29) is 0 Å². The first-order valence-corrected chi connectivity index (χ1v) is 6.46. The van der Waals surface area contributed by atoms with Crippen LogP contribution in [-0.2, 0) is 6.42 Å². The molecule has 72 valence electrons. The van der Waals surface area contributed by atoms with Crippen LogP contribution in [0.5, 0.6) is 0 Å². The van der Waals surface area contributed by atoms with E-state index >= 15 is 0 Å². The highest BCUT2D eigenvalue weighted by Gasteiger charge is 2.19. The molecule has 1 aromatic rings. The van der Waals surface area contributed by atoms with Gasteiger partial charge in [-0.1, -0.05) is 12.8 Å². The number of thiazole rings is 1. The summed E-state index contributed by atoms with van der Waals surface area (Å²) < 4.78 is 0. The van der Waals surface area contributed by atoms with Crippen LogP contribution in [0.4, 0.5) is 0 Å². The minimum absolute atomic E-state index is 0.768. The van der Waals surface area contributed by atoms with Crippen molar-refractivity contribution in [1.29, 1.82) is 0 Å². The standard InChI is InChI=1S/C10H15NS2/c12-6-5-10-11-9(7-13-10)8-3-1-2-4-8/h7-8,12H,1-6H2. The van der Waals surface area contributed by atoms with Crippen molar-refractivity contribution in [3.05, 3.63) is 16.1 Å². The quantitative estimate of drug-likeness (QED) is 0.760. The fourth-order valence-corrected chi connectivity index (χ4v) is 3.19. The molecule has 13 heavy (non-hydrogen) atoms. The lowest BCUT2D eigenvalue weighted by molar-refractivity contribution is 0.699. The van der Waals surface area contributed by atoms with E-state index in [1.165, 1.54) is 36.4 Å². The monoisotopic (exact) mass is 213 g/mol. The lowest BCUT2D eigenvalue weighted by Crippen LogP contribution is -1.93. The van der Waals surface area contributed by atoms with Crippen LogP contribution in [0.1, 0.15) is 42.3 Å². The third-order valence-electron chi connectivity index (χ3n) is 2.67. The van der Waals surface area contributed by atoms with Crippen LogP contribution in [0.15, 0.2) is 5.38 Å². The average molecular weight is 213 g/mol. The molecule has 0 atom stereocenters. The molecule has 1 aromatic heterocycles. The number of nitrogens with zero attached hydrogens (tertiary/aromatic N) is 1. The lowest BCUT2D eigenvalue weighted by Gasteiger charge is -2.02. The first-order valence-electron chi connectivity index (χ1n) is 4.95. The van der Waals surface area contributed by atoms with Gasteiger partial charge < -0.3 is 0 Å². The zero-order chi connectivity index (χ0) is 9.10. The summed E-state index contributed by atoms with van der Waals surface area (Å²) in [4.78, 5) is 4.65. The molecule has 0 amide bonds.